The van der Waals surface area contributed by atoms with E-state index >= 15 is 0 Å². The molecule has 1 unspecified atom stereocenters. The number of benzene rings is 2. The standard InChI is InChI=1S/C19H24OS/c1-13-10-15(12-16(18(13)20)19(2,3)4)17(21)11-14-8-6-5-7-9-14/h5-10,12,17,20-21H,11H2,1-4H3. The molecule has 1 atom stereocenters. The summed E-state index contributed by atoms with van der Waals surface area (Å²) in [6, 6.07) is 14.5. The molecule has 0 aliphatic carbocycles. The molecule has 0 bridgehead atoms. The van der Waals surface area contributed by atoms with E-state index in [0.717, 1.165) is 17.5 Å². The smallest absolute Gasteiger partial charge is 0.122 e. The van der Waals surface area contributed by atoms with E-state index in [1.807, 2.05) is 19.1 Å². The minimum absolute atomic E-state index is 0.0783. The number of phenolic OH excluding ortho intramolecular Hbond substituents is 1. The second-order valence-electron chi connectivity index (χ2n) is 6.69. The Labute approximate surface area is 133 Å². The summed E-state index contributed by atoms with van der Waals surface area (Å²) < 4.78 is 0. The highest BCUT2D eigenvalue weighted by molar-refractivity contribution is 7.80. The molecule has 1 nitrogen and oxygen atoms in total. The Kier molecular flexibility index (Phi) is 4.67. The number of thiol groups is 1. The van der Waals surface area contributed by atoms with Gasteiger partial charge in [-0.15, -0.1) is 0 Å². The summed E-state index contributed by atoms with van der Waals surface area (Å²) in [6.07, 6.45) is 0.887. The summed E-state index contributed by atoms with van der Waals surface area (Å²) in [5.41, 5.74) is 4.28. The first-order valence-electron chi connectivity index (χ1n) is 7.35. The van der Waals surface area contributed by atoms with E-state index in [9.17, 15) is 5.11 Å². The Bertz CT molecular complexity index is 611. The van der Waals surface area contributed by atoms with Gasteiger partial charge in [-0.25, -0.2) is 0 Å². The number of aryl methyl sites for hydroxylation is 1. The lowest BCUT2D eigenvalue weighted by Gasteiger charge is -2.24. The second kappa shape index (κ2) is 6.15. The normalized spacial score (nSPS) is 13.2. The van der Waals surface area contributed by atoms with Crippen LogP contribution in [0, 0.1) is 6.92 Å². The second-order valence-corrected chi connectivity index (χ2v) is 7.31. The van der Waals surface area contributed by atoms with E-state index in [4.69, 9.17) is 12.6 Å². The highest BCUT2D eigenvalue weighted by atomic mass is 32.1. The average molecular weight is 300 g/mol. The van der Waals surface area contributed by atoms with E-state index in [-0.39, 0.29) is 10.7 Å². The third-order valence-corrected chi connectivity index (χ3v) is 4.27. The molecule has 2 aromatic rings. The van der Waals surface area contributed by atoms with Crippen LogP contribution in [0.1, 0.15) is 48.3 Å². The van der Waals surface area contributed by atoms with Crippen LogP contribution >= 0.6 is 12.6 Å². The van der Waals surface area contributed by atoms with Crippen LogP contribution in [0.3, 0.4) is 0 Å². The Balaban J connectivity index is 2.34. The number of phenols is 1. The van der Waals surface area contributed by atoms with Crippen molar-refractivity contribution in [2.24, 2.45) is 0 Å². The molecular weight excluding hydrogens is 276 g/mol. The molecule has 0 aromatic heterocycles. The van der Waals surface area contributed by atoms with Crippen LogP contribution in [0.4, 0.5) is 0 Å². The lowest BCUT2D eigenvalue weighted by Crippen LogP contribution is -2.13. The number of hydrogen-bond acceptors (Lipinski definition) is 2. The highest BCUT2D eigenvalue weighted by Gasteiger charge is 2.21. The van der Waals surface area contributed by atoms with Gasteiger partial charge in [0.2, 0.25) is 0 Å². The van der Waals surface area contributed by atoms with Gasteiger partial charge in [-0.1, -0.05) is 63.2 Å². The van der Waals surface area contributed by atoms with Gasteiger partial charge in [-0.3, -0.25) is 0 Å². The Morgan fingerprint density at radius 3 is 2.29 bits per heavy atom. The maximum absolute atomic E-state index is 10.3. The van der Waals surface area contributed by atoms with Gasteiger partial charge < -0.3 is 5.11 Å². The Morgan fingerprint density at radius 2 is 1.71 bits per heavy atom. The van der Waals surface area contributed by atoms with Gasteiger partial charge in [-0.05, 0) is 41.0 Å². The molecule has 0 aliphatic rings. The lowest BCUT2D eigenvalue weighted by molar-refractivity contribution is 0.442. The van der Waals surface area contributed by atoms with E-state index in [0.29, 0.717) is 5.75 Å². The molecule has 2 heteroatoms. The summed E-state index contributed by atoms with van der Waals surface area (Å²) >= 11 is 4.77. The first-order chi connectivity index (χ1) is 9.79. The SMILES string of the molecule is Cc1cc(C(S)Cc2ccccc2)cc(C(C)(C)C)c1O. The van der Waals surface area contributed by atoms with Crippen LogP contribution in [0.5, 0.6) is 5.75 Å². The maximum atomic E-state index is 10.3. The maximum Gasteiger partial charge on any atom is 0.122 e. The monoisotopic (exact) mass is 300 g/mol. The van der Waals surface area contributed by atoms with Crippen molar-refractivity contribution < 1.29 is 5.11 Å². The van der Waals surface area contributed by atoms with Gasteiger partial charge in [0.1, 0.15) is 5.75 Å². The third kappa shape index (κ3) is 3.82. The van der Waals surface area contributed by atoms with Crippen molar-refractivity contribution in [2.75, 3.05) is 0 Å². The molecule has 0 amide bonds. The van der Waals surface area contributed by atoms with Crippen molar-refractivity contribution >= 4 is 12.6 Å². The summed E-state index contributed by atoms with van der Waals surface area (Å²) in [6.45, 7) is 8.32. The molecule has 0 saturated heterocycles. The van der Waals surface area contributed by atoms with E-state index in [2.05, 4.69) is 51.1 Å². The summed E-state index contributed by atoms with van der Waals surface area (Å²) in [5, 5.41) is 10.4. The molecule has 0 saturated carbocycles. The third-order valence-electron chi connectivity index (χ3n) is 3.79. The Hall–Kier alpha value is -1.41. The summed E-state index contributed by atoms with van der Waals surface area (Å²) in [5.74, 6) is 0.409. The zero-order chi connectivity index (χ0) is 15.6. The predicted molar refractivity (Wildman–Crippen MR) is 93.4 cm³/mol. The molecule has 0 aliphatic heterocycles. The minimum Gasteiger partial charge on any atom is -0.507 e. The first-order valence-corrected chi connectivity index (χ1v) is 7.86. The van der Waals surface area contributed by atoms with Gasteiger partial charge in [0, 0.05) is 5.25 Å². The van der Waals surface area contributed by atoms with Crippen LogP contribution in [0.25, 0.3) is 0 Å². The summed E-state index contributed by atoms with van der Waals surface area (Å²) in [4.78, 5) is 0. The molecule has 2 rings (SSSR count). The molecule has 1 N–H and O–H groups in total. The van der Waals surface area contributed by atoms with Crippen molar-refractivity contribution in [3.8, 4) is 5.75 Å². The van der Waals surface area contributed by atoms with E-state index in [1.165, 1.54) is 11.1 Å². The average Bonchev–Trinajstić information content (AvgIpc) is 2.41. The molecular formula is C19H24OS. The fourth-order valence-electron chi connectivity index (χ4n) is 2.53. The predicted octanol–water partition coefficient (Wildman–Crippen LogP) is 5.21. The van der Waals surface area contributed by atoms with Crippen molar-refractivity contribution in [3.05, 3.63) is 64.7 Å². The fourth-order valence-corrected chi connectivity index (χ4v) is 2.89. The van der Waals surface area contributed by atoms with Crippen LogP contribution in [0.2, 0.25) is 0 Å². The fraction of sp³-hybridized carbons (Fsp3) is 0.368. The largest absolute Gasteiger partial charge is 0.507 e. The molecule has 0 fully saturated rings. The zero-order valence-corrected chi connectivity index (χ0v) is 14.1. The van der Waals surface area contributed by atoms with Gasteiger partial charge in [0.25, 0.3) is 0 Å². The van der Waals surface area contributed by atoms with Crippen molar-refractivity contribution in [2.45, 2.75) is 44.8 Å². The van der Waals surface area contributed by atoms with Gasteiger partial charge >= 0.3 is 0 Å². The van der Waals surface area contributed by atoms with E-state index < -0.39 is 0 Å². The van der Waals surface area contributed by atoms with Gasteiger partial charge in [0.15, 0.2) is 0 Å². The molecule has 2 aromatic carbocycles. The van der Waals surface area contributed by atoms with Crippen molar-refractivity contribution in [3.63, 3.8) is 0 Å². The van der Waals surface area contributed by atoms with Crippen LogP contribution in [-0.2, 0) is 11.8 Å². The quantitative estimate of drug-likeness (QED) is 0.745. The highest BCUT2D eigenvalue weighted by Crippen LogP contribution is 2.37. The number of aromatic hydroxyl groups is 1. The topological polar surface area (TPSA) is 20.2 Å². The minimum atomic E-state index is -0.0783. The molecule has 0 radical (unpaired) electrons. The molecule has 112 valence electrons. The number of hydrogen-bond donors (Lipinski definition) is 2. The van der Waals surface area contributed by atoms with E-state index in [1.54, 1.807) is 0 Å². The van der Waals surface area contributed by atoms with Gasteiger partial charge in [0.05, 0.1) is 0 Å². The van der Waals surface area contributed by atoms with Crippen molar-refractivity contribution in [1.82, 2.24) is 0 Å². The number of rotatable bonds is 3. The van der Waals surface area contributed by atoms with Crippen LogP contribution in [0.15, 0.2) is 42.5 Å². The lowest BCUT2D eigenvalue weighted by atomic mass is 9.83. The first kappa shape index (κ1) is 16.0. The van der Waals surface area contributed by atoms with Gasteiger partial charge in [-0.2, -0.15) is 12.6 Å². The molecule has 21 heavy (non-hydrogen) atoms. The van der Waals surface area contributed by atoms with Crippen LogP contribution in [-0.4, -0.2) is 5.11 Å². The molecule has 0 spiro atoms. The zero-order valence-electron chi connectivity index (χ0n) is 13.2. The molecule has 0 heterocycles. The summed E-state index contributed by atoms with van der Waals surface area (Å²) in [7, 11) is 0. The van der Waals surface area contributed by atoms with Crippen LogP contribution < -0.4 is 0 Å². The van der Waals surface area contributed by atoms with Crippen molar-refractivity contribution in [1.29, 1.82) is 0 Å². The Morgan fingerprint density at radius 1 is 1.10 bits per heavy atom.